The third kappa shape index (κ3) is 4.32. The largest absolute Gasteiger partial charge is 0.290 e. The van der Waals surface area contributed by atoms with Gasteiger partial charge in [-0.2, -0.15) is 0 Å². The van der Waals surface area contributed by atoms with Gasteiger partial charge in [-0.1, -0.05) is 24.3 Å². The Hall–Kier alpha value is -2.91. The number of nitrogens with one attached hydrogen (secondary N) is 2. The number of anilines is 1. The zero-order chi connectivity index (χ0) is 20.3. The molecule has 0 spiro atoms. The molecule has 0 aliphatic carbocycles. The third-order valence-corrected chi connectivity index (χ3v) is 5.96. The summed E-state index contributed by atoms with van der Waals surface area (Å²) in [4.78, 5) is 23.3. The SMILES string of the molecule is C/C=C\c1c(/C=C2\SC(=O)NC2=O)cccc1NS(=O)(=O)c1ccc(F)cc1. The quantitative estimate of drug-likeness (QED) is 0.717. The van der Waals surface area contributed by atoms with Crippen LogP contribution in [0.25, 0.3) is 12.2 Å². The van der Waals surface area contributed by atoms with Crippen LogP contribution in [0.2, 0.25) is 0 Å². The molecule has 1 aliphatic heterocycles. The molecule has 1 saturated heterocycles. The Labute approximate surface area is 165 Å². The summed E-state index contributed by atoms with van der Waals surface area (Å²) in [6, 6.07) is 9.37. The summed E-state index contributed by atoms with van der Waals surface area (Å²) in [5.41, 5.74) is 1.37. The Kier molecular flexibility index (Phi) is 5.66. The number of carbonyl (C=O) groups is 2. The summed E-state index contributed by atoms with van der Waals surface area (Å²) >= 11 is 0.776. The maximum Gasteiger partial charge on any atom is 0.290 e. The summed E-state index contributed by atoms with van der Waals surface area (Å²) in [5.74, 6) is -1.04. The number of hydrogen-bond acceptors (Lipinski definition) is 5. The average Bonchev–Trinajstić information content (AvgIpc) is 2.95. The standard InChI is InChI=1S/C19H15FN2O4S2/c1-2-4-15-12(11-17-18(23)21-19(24)27-17)5-3-6-16(15)22-28(25,26)14-9-7-13(20)8-10-14/h2-11,22H,1H3,(H,21,23,24)/b4-2-,17-11-. The zero-order valence-corrected chi connectivity index (χ0v) is 16.2. The van der Waals surface area contributed by atoms with Gasteiger partial charge in [0.05, 0.1) is 15.5 Å². The fourth-order valence-corrected chi connectivity index (χ4v) is 4.28. The molecule has 0 saturated carbocycles. The summed E-state index contributed by atoms with van der Waals surface area (Å²) in [6.45, 7) is 1.77. The van der Waals surface area contributed by atoms with E-state index in [1.54, 1.807) is 37.3 Å². The summed E-state index contributed by atoms with van der Waals surface area (Å²) in [5, 5.41) is 1.71. The van der Waals surface area contributed by atoms with Crippen molar-refractivity contribution in [1.29, 1.82) is 0 Å². The molecule has 1 heterocycles. The Morgan fingerprint density at radius 1 is 1.11 bits per heavy atom. The van der Waals surface area contributed by atoms with Crippen LogP contribution in [0.1, 0.15) is 18.1 Å². The van der Waals surface area contributed by atoms with Crippen LogP contribution in [0, 0.1) is 5.82 Å². The Morgan fingerprint density at radius 3 is 2.43 bits per heavy atom. The predicted molar refractivity (Wildman–Crippen MR) is 107 cm³/mol. The van der Waals surface area contributed by atoms with Crippen molar-refractivity contribution in [2.75, 3.05) is 4.72 Å². The normalized spacial score (nSPS) is 16.0. The van der Waals surface area contributed by atoms with Gasteiger partial charge in [-0.25, -0.2) is 12.8 Å². The van der Waals surface area contributed by atoms with E-state index >= 15 is 0 Å². The molecule has 28 heavy (non-hydrogen) atoms. The van der Waals surface area contributed by atoms with E-state index in [0.29, 0.717) is 11.1 Å². The van der Waals surface area contributed by atoms with Crippen LogP contribution in [0.5, 0.6) is 0 Å². The fourth-order valence-electron chi connectivity index (χ4n) is 2.53. The molecular formula is C19H15FN2O4S2. The number of halogens is 1. The number of benzene rings is 2. The lowest BCUT2D eigenvalue weighted by molar-refractivity contribution is -0.115. The zero-order valence-electron chi connectivity index (χ0n) is 14.6. The molecule has 1 fully saturated rings. The number of sulfonamides is 1. The molecule has 0 unspecified atom stereocenters. The van der Waals surface area contributed by atoms with Gasteiger partial charge < -0.3 is 0 Å². The highest BCUT2D eigenvalue weighted by Crippen LogP contribution is 2.30. The predicted octanol–water partition coefficient (Wildman–Crippen LogP) is 3.98. The van der Waals surface area contributed by atoms with Crippen molar-refractivity contribution in [3.8, 4) is 0 Å². The second-order valence-electron chi connectivity index (χ2n) is 5.72. The molecule has 2 aromatic rings. The van der Waals surface area contributed by atoms with Gasteiger partial charge in [0.2, 0.25) is 0 Å². The van der Waals surface area contributed by atoms with Crippen LogP contribution in [0.4, 0.5) is 14.9 Å². The number of thioether (sulfide) groups is 1. The molecule has 0 atom stereocenters. The highest BCUT2D eigenvalue weighted by atomic mass is 32.2. The van der Waals surface area contributed by atoms with Crippen molar-refractivity contribution in [3.05, 3.63) is 70.4 Å². The molecule has 0 radical (unpaired) electrons. The van der Waals surface area contributed by atoms with E-state index in [-0.39, 0.29) is 15.5 Å². The molecule has 2 aromatic carbocycles. The lowest BCUT2D eigenvalue weighted by Crippen LogP contribution is -2.17. The topological polar surface area (TPSA) is 92.3 Å². The van der Waals surface area contributed by atoms with E-state index in [0.717, 1.165) is 23.9 Å². The van der Waals surface area contributed by atoms with E-state index in [4.69, 9.17) is 0 Å². The van der Waals surface area contributed by atoms with Gasteiger partial charge in [-0.15, -0.1) is 0 Å². The molecule has 9 heteroatoms. The van der Waals surface area contributed by atoms with Crippen molar-refractivity contribution in [3.63, 3.8) is 0 Å². The maximum absolute atomic E-state index is 13.1. The van der Waals surface area contributed by atoms with Crippen LogP contribution in [0.15, 0.2) is 58.3 Å². The molecule has 0 aromatic heterocycles. The molecule has 6 nitrogen and oxygen atoms in total. The van der Waals surface area contributed by atoms with Gasteiger partial charge in [0, 0.05) is 5.56 Å². The van der Waals surface area contributed by atoms with Crippen molar-refractivity contribution in [2.24, 2.45) is 0 Å². The first kappa shape index (κ1) is 19.8. The van der Waals surface area contributed by atoms with Crippen molar-refractivity contribution < 1.29 is 22.4 Å². The number of imide groups is 1. The second kappa shape index (κ2) is 7.99. The number of amides is 2. The minimum Gasteiger partial charge on any atom is -0.282 e. The highest BCUT2D eigenvalue weighted by molar-refractivity contribution is 8.18. The average molecular weight is 418 g/mol. The van der Waals surface area contributed by atoms with E-state index in [1.165, 1.54) is 18.2 Å². The van der Waals surface area contributed by atoms with Crippen molar-refractivity contribution in [2.45, 2.75) is 11.8 Å². The lowest BCUT2D eigenvalue weighted by atomic mass is 10.0. The van der Waals surface area contributed by atoms with E-state index in [1.807, 2.05) is 0 Å². The first-order chi connectivity index (χ1) is 13.3. The first-order valence-corrected chi connectivity index (χ1v) is 10.4. The smallest absolute Gasteiger partial charge is 0.282 e. The molecule has 2 amide bonds. The van der Waals surface area contributed by atoms with Crippen LogP contribution >= 0.6 is 11.8 Å². The number of rotatable bonds is 5. The third-order valence-electron chi connectivity index (χ3n) is 3.77. The number of carbonyl (C=O) groups excluding carboxylic acids is 2. The van der Waals surface area contributed by atoms with Crippen molar-refractivity contribution in [1.82, 2.24) is 5.32 Å². The van der Waals surface area contributed by atoms with Gasteiger partial charge >= 0.3 is 0 Å². The molecule has 3 rings (SSSR count). The van der Waals surface area contributed by atoms with Gasteiger partial charge in [-0.3, -0.25) is 19.6 Å². The Morgan fingerprint density at radius 2 is 1.82 bits per heavy atom. The van der Waals surface area contributed by atoms with E-state index in [2.05, 4.69) is 10.0 Å². The summed E-state index contributed by atoms with van der Waals surface area (Å²) < 4.78 is 40.8. The molecule has 1 aliphatic rings. The monoisotopic (exact) mass is 418 g/mol. The Balaban J connectivity index is 2.02. The summed E-state index contributed by atoms with van der Waals surface area (Å²) in [7, 11) is -3.94. The van der Waals surface area contributed by atoms with Crippen LogP contribution in [0.3, 0.4) is 0 Å². The van der Waals surface area contributed by atoms with Crippen LogP contribution in [-0.4, -0.2) is 19.6 Å². The van der Waals surface area contributed by atoms with E-state index in [9.17, 15) is 22.4 Å². The lowest BCUT2D eigenvalue weighted by Gasteiger charge is -2.13. The minimum atomic E-state index is -3.94. The maximum atomic E-state index is 13.1. The van der Waals surface area contributed by atoms with Crippen LogP contribution in [-0.2, 0) is 14.8 Å². The van der Waals surface area contributed by atoms with Gasteiger partial charge in [-0.05, 0) is 60.7 Å². The van der Waals surface area contributed by atoms with Crippen LogP contribution < -0.4 is 10.0 Å². The van der Waals surface area contributed by atoms with Gasteiger partial charge in [0.25, 0.3) is 21.2 Å². The molecule has 144 valence electrons. The molecular weight excluding hydrogens is 403 g/mol. The Bertz CT molecular complexity index is 1110. The second-order valence-corrected chi connectivity index (χ2v) is 8.42. The van der Waals surface area contributed by atoms with Gasteiger partial charge in [0.1, 0.15) is 5.82 Å². The highest BCUT2D eigenvalue weighted by Gasteiger charge is 2.25. The van der Waals surface area contributed by atoms with Crippen molar-refractivity contribution >= 4 is 50.8 Å². The summed E-state index contributed by atoms with van der Waals surface area (Å²) in [6.07, 6.45) is 4.93. The fraction of sp³-hybridized carbons (Fsp3) is 0.0526. The number of allylic oxidation sites excluding steroid dienone is 1. The first-order valence-electron chi connectivity index (χ1n) is 8.09. The molecule has 2 N–H and O–H groups in total. The van der Waals surface area contributed by atoms with Gasteiger partial charge in [0.15, 0.2) is 0 Å². The molecule has 0 bridgehead atoms. The number of hydrogen-bond donors (Lipinski definition) is 2. The van der Waals surface area contributed by atoms with E-state index < -0.39 is 27.0 Å². The minimum absolute atomic E-state index is 0.0830.